The van der Waals surface area contributed by atoms with Crippen molar-refractivity contribution in [1.29, 1.82) is 0 Å². The van der Waals surface area contributed by atoms with Crippen LogP contribution >= 0.6 is 0 Å². The molecular weight excluding hydrogens is 222 g/mol. The Morgan fingerprint density at radius 1 is 1.28 bits per heavy atom. The van der Waals surface area contributed by atoms with E-state index in [1.807, 2.05) is 12.1 Å². The maximum Gasteiger partial charge on any atom is 0.0382 e. The van der Waals surface area contributed by atoms with E-state index >= 15 is 0 Å². The summed E-state index contributed by atoms with van der Waals surface area (Å²) in [6.45, 7) is 2.42. The van der Waals surface area contributed by atoms with Crippen molar-refractivity contribution >= 4 is 5.69 Å². The largest absolute Gasteiger partial charge is 0.399 e. The number of hydrogen-bond donors (Lipinski definition) is 1. The van der Waals surface area contributed by atoms with E-state index in [1.54, 1.807) is 0 Å². The van der Waals surface area contributed by atoms with Crippen molar-refractivity contribution in [1.82, 2.24) is 9.80 Å². The lowest BCUT2D eigenvalue weighted by atomic mass is 9.86. The van der Waals surface area contributed by atoms with Gasteiger partial charge in [-0.3, -0.25) is 0 Å². The molecule has 0 bridgehead atoms. The van der Waals surface area contributed by atoms with Gasteiger partial charge in [0.1, 0.15) is 0 Å². The van der Waals surface area contributed by atoms with Gasteiger partial charge in [-0.25, -0.2) is 0 Å². The zero-order valence-electron chi connectivity index (χ0n) is 11.8. The summed E-state index contributed by atoms with van der Waals surface area (Å²) in [6.07, 6.45) is 2.62. The Kier molecular flexibility index (Phi) is 4.25. The Hall–Kier alpha value is -1.06. The summed E-state index contributed by atoms with van der Waals surface area (Å²) in [5.74, 6) is 0.711. The molecule has 18 heavy (non-hydrogen) atoms. The number of likely N-dealkylation sites (tertiary alicyclic amines) is 1. The fourth-order valence-electron chi connectivity index (χ4n) is 3.15. The Morgan fingerprint density at radius 2 is 1.94 bits per heavy atom. The van der Waals surface area contributed by atoms with Gasteiger partial charge >= 0.3 is 0 Å². The minimum absolute atomic E-state index is 0.494. The topological polar surface area (TPSA) is 32.5 Å². The van der Waals surface area contributed by atoms with Crippen molar-refractivity contribution in [3.8, 4) is 0 Å². The molecule has 0 aromatic heterocycles. The molecule has 3 heteroatoms. The lowest BCUT2D eigenvalue weighted by molar-refractivity contribution is 0.122. The summed E-state index contributed by atoms with van der Waals surface area (Å²) < 4.78 is 0. The third-order valence-electron chi connectivity index (χ3n) is 3.94. The second-order valence-electron chi connectivity index (χ2n) is 5.74. The van der Waals surface area contributed by atoms with E-state index in [-0.39, 0.29) is 0 Å². The van der Waals surface area contributed by atoms with Gasteiger partial charge in [-0.05, 0) is 64.1 Å². The number of anilines is 1. The predicted molar refractivity (Wildman–Crippen MR) is 77.5 cm³/mol. The molecule has 0 amide bonds. The predicted octanol–water partition coefficient (Wildman–Crippen LogP) is 2.21. The zero-order valence-corrected chi connectivity index (χ0v) is 11.8. The number of piperidine rings is 1. The van der Waals surface area contributed by atoms with Gasteiger partial charge in [-0.15, -0.1) is 0 Å². The molecule has 2 atom stereocenters. The first kappa shape index (κ1) is 13.4. The van der Waals surface area contributed by atoms with Crippen LogP contribution in [0.15, 0.2) is 24.3 Å². The molecular formula is C15H25N3. The van der Waals surface area contributed by atoms with Crippen LogP contribution in [0.3, 0.4) is 0 Å². The lowest BCUT2D eigenvalue weighted by Crippen LogP contribution is -2.39. The molecule has 0 saturated carbocycles. The van der Waals surface area contributed by atoms with Crippen LogP contribution in [0.2, 0.25) is 0 Å². The van der Waals surface area contributed by atoms with Gasteiger partial charge in [0, 0.05) is 18.3 Å². The average Bonchev–Trinajstić information content (AvgIpc) is 2.32. The minimum atomic E-state index is 0.494. The number of rotatable bonds is 3. The molecule has 1 aliphatic rings. The third kappa shape index (κ3) is 3.03. The smallest absolute Gasteiger partial charge is 0.0382 e. The van der Waals surface area contributed by atoms with Crippen molar-refractivity contribution < 1.29 is 0 Å². The summed E-state index contributed by atoms with van der Waals surface area (Å²) in [5, 5.41) is 0. The fraction of sp³-hybridized carbons (Fsp3) is 0.600. The average molecular weight is 247 g/mol. The Bertz CT molecular complexity index is 372. The Labute approximate surface area is 111 Å². The molecule has 1 aliphatic heterocycles. The lowest BCUT2D eigenvalue weighted by Gasteiger charge is -2.38. The summed E-state index contributed by atoms with van der Waals surface area (Å²) in [7, 11) is 6.58. The van der Waals surface area contributed by atoms with Crippen LogP contribution in [0.4, 0.5) is 5.69 Å². The molecule has 0 spiro atoms. The van der Waals surface area contributed by atoms with Crippen molar-refractivity contribution in [3.63, 3.8) is 0 Å². The van der Waals surface area contributed by atoms with E-state index in [9.17, 15) is 0 Å². The highest BCUT2D eigenvalue weighted by Crippen LogP contribution is 2.33. The van der Waals surface area contributed by atoms with Crippen LogP contribution in [0.5, 0.6) is 0 Å². The van der Waals surface area contributed by atoms with Gasteiger partial charge in [0.15, 0.2) is 0 Å². The molecule has 2 rings (SSSR count). The van der Waals surface area contributed by atoms with E-state index in [2.05, 4.69) is 43.1 Å². The SMILES string of the molecule is CN1CCCC(C(c2ccc(N)cc2)N(C)C)C1. The molecule has 0 radical (unpaired) electrons. The van der Waals surface area contributed by atoms with Crippen molar-refractivity contribution in [2.24, 2.45) is 5.92 Å². The highest BCUT2D eigenvalue weighted by atomic mass is 15.1. The second kappa shape index (κ2) is 5.72. The van der Waals surface area contributed by atoms with Gasteiger partial charge in [-0.1, -0.05) is 12.1 Å². The normalized spacial score (nSPS) is 23.2. The second-order valence-corrected chi connectivity index (χ2v) is 5.74. The molecule has 2 unspecified atom stereocenters. The molecule has 1 fully saturated rings. The van der Waals surface area contributed by atoms with E-state index in [0.717, 1.165) is 5.69 Å². The number of nitrogen functional groups attached to an aromatic ring is 1. The number of nitrogens with zero attached hydrogens (tertiary/aromatic N) is 2. The quantitative estimate of drug-likeness (QED) is 0.831. The molecule has 100 valence electrons. The van der Waals surface area contributed by atoms with E-state index in [0.29, 0.717) is 12.0 Å². The van der Waals surface area contributed by atoms with Crippen LogP contribution in [-0.2, 0) is 0 Å². The first-order valence-corrected chi connectivity index (χ1v) is 6.78. The molecule has 1 aromatic carbocycles. The summed E-state index contributed by atoms with van der Waals surface area (Å²) in [4.78, 5) is 4.79. The molecule has 2 N–H and O–H groups in total. The van der Waals surface area contributed by atoms with Gasteiger partial charge < -0.3 is 15.5 Å². The summed E-state index contributed by atoms with van der Waals surface area (Å²) in [6, 6.07) is 8.87. The van der Waals surface area contributed by atoms with Crippen molar-refractivity contribution in [2.75, 3.05) is 40.0 Å². The molecule has 1 heterocycles. The van der Waals surface area contributed by atoms with Crippen LogP contribution in [0.25, 0.3) is 0 Å². The van der Waals surface area contributed by atoms with Crippen LogP contribution in [0.1, 0.15) is 24.4 Å². The first-order valence-electron chi connectivity index (χ1n) is 6.78. The molecule has 3 nitrogen and oxygen atoms in total. The highest BCUT2D eigenvalue weighted by molar-refractivity contribution is 5.40. The minimum Gasteiger partial charge on any atom is -0.399 e. The monoisotopic (exact) mass is 247 g/mol. The number of hydrogen-bond acceptors (Lipinski definition) is 3. The van der Waals surface area contributed by atoms with Gasteiger partial charge in [0.2, 0.25) is 0 Å². The maximum atomic E-state index is 5.78. The van der Waals surface area contributed by atoms with Crippen molar-refractivity contribution in [3.05, 3.63) is 29.8 Å². The van der Waals surface area contributed by atoms with Crippen LogP contribution < -0.4 is 5.73 Å². The molecule has 1 aromatic rings. The van der Waals surface area contributed by atoms with E-state index in [4.69, 9.17) is 5.73 Å². The van der Waals surface area contributed by atoms with Crippen LogP contribution in [0, 0.1) is 5.92 Å². The Balaban J connectivity index is 2.19. The summed E-state index contributed by atoms with van der Waals surface area (Å²) in [5.41, 5.74) is 8.01. The molecule has 1 saturated heterocycles. The molecule has 0 aliphatic carbocycles. The van der Waals surface area contributed by atoms with E-state index in [1.165, 1.54) is 31.5 Å². The Morgan fingerprint density at radius 3 is 2.50 bits per heavy atom. The van der Waals surface area contributed by atoms with Gasteiger partial charge in [-0.2, -0.15) is 0 Å². The van der Waals surface area contributed by atoms with Gasteiger partial charge in [0.05, 0.1) is 0 Å². The number of benzene rings is 1. The third-order valence-corrected chi connectivity index (χ3v) is 3.94. The number of nitrogens with two attached hydrogens (primary N) is 1. The van der Waals surface area contributed by atoms with E-state index < -0.39 is 0 Å². The van der Waals surface area contributed by atoms with Crippen molar-refractivity contribution in [2.45, 2.75) is 18.9 Å². The first-order chi connectivity index (χ1) is 8.58. The van der Waals surface area contributed by atoms with Crippen LogP contribution in [-0.4, -0.2) is 44.0 Å². The fourth-order valence-corrected chi connectivity index (χ4v) is 3.15. The van der Waals surface area contributed by atoms with Gasteiger partial charge in [0.25, 0.3) is 0 Å². The summed E-state index contributed by atoms with van der Waals surface area (Å²) >= 11 is 0. The highest BCUT2D eigenvalue weighted by Gasteiger charge is 2.28. The zero-order chi connectivity index (χ0) is 13.1. The standard InChI is InChI=1S/C15H25N3/c1-17(2)15(12-6-8-14(16)9-7-12)13-5-4-10-18(3)11-13/h6-9,13,15H,4-5,10-11,16H2,1-3H3. The maximum absolute atomic E-state index is 5.78.